The average Bonchev–Trinajstić information content (AvgIpc) is 4.12. The predicted octanol–water partition coefficient (Wildman–Crippen LogP) is -6.52. The maximum absolute atomic E-state index is 14.0. The van der Waals surface area contributed by atoms with Crippen LogP contribution in [0.4, 0.5) is 0 Å². The maximum atomic E-state index is 14.0. The smallest absolute Gasteiger partial charge is 0.322 e. The number of β-amino-alcohol motifs (C(OH)–C–C–N with tert-alkyl or cyclic N) is 3. The normalized spacial score (nSPS) is 27.3. The fourth-order valence-corrected chi connectivity index (χ4v) is 9.42. The summed E-state index contributed by atoms with van der Waals surface area (Å²) in [6, 6.07) is -6.56. The van der Waals surface area contributed by atoms with E-state index in [0.29, 0.717) is 31.6 Å². The van der Waals surface area contributed by atoms with Crippen molar-refractivity contribution in [3.63, 3.8) is 0 Å². The summed E-state index contributed by atoms with van der Waals surface area (Å²) < 4.78 is 0. The van der Waals surface area contributed by atoms with Crippen LogP contribution in [0, 0.1) is 0 Å². The lowest BCUT2D eigenvalue weighted by Crippen LogP contribution is -2.56. The number of amides is 9. The first-order valence-electron chi connectivity index (χ1n) is 21.0. The van der Waals surface area contributed by atoms with Crippen LogP contribution in [0.1, 0.15) is 51.4 Å². The Bertz CT molecular complexity index is 1790. The van der Waals surface area contributed by atoms with Gasteiger partial charge in [-0.3, -0.25) is 47.9 Å². The van der Waals surface area contributed by atoms with Crippen molar-refractivity contribution in [3.05, 3.63) is 0 Å². The molecule has 0 radical (unpaired) electrons. The molecule has 5 aliphatic heterocycles. The highest BCUT2D eigenvalue weighted by Gasteiger charge is 2.47. The van der Waals surface area contributed by atoms with Gasteiger partial charge >= 0.3 is 5.97 Å². The molecule has 0 unspecified atom stereocenters. The first kappa shape index (κ1) is 48.9. The van der Waals surface area contributed by atoms with E-state index < -0.39 is 133 Å². The van der Waals surface area contributed by atoms with Crippen LogP contribution in [0.25, 0.3) is 0 Å². The Morgan fingerprint density at radius 2 is 1.06 bits per heavy atom. The molecule has 5 aliphatic rings. The molecule has 25 heteroatoms. The number of nitrogens with one attached hydrogen (secondary N) is 4. The monoisotopic (exact) mass is 910 g/mol. The molecule has 9 atom stereocenters. The molecule has 9 amide bonds. The highest BCUT2D eigenvalue weighted by molar-refractivity contribution is 7.98. The van der Waals surface area contributed by atoms with Crippen LogP contribution in [0.5, 0.6) is 0 Å². The quantitative estimate of drug-likeness (QED) is 0.0655. The first-order chi connectivity index (χ1) is 29.9. The highest BCUT2D eigenvalue weighted by atomic mass is 32.2. The van der Waals surface area contributed by atoms with E-state index in [4.69, 9.17) is 10.8 Å². The number of carbonyl (C=O) groups excluding carboxylic acids is 9. The molecule has 0 aromatic rings. The summed E-state index contributed by atoms with van der Waals surface area (Å²) in [4.78, 5) is 137. The van der Waals surface area contributed by atoms with Crippen LogP contribution in [-0.2, 0) is 47.9 Å². The highest BCUT2D eigenvalue weighted by Crippen LogP contribution is 2.28. The predicted molar refractivity (Wildman–Crippen MR) is 218 cm³/mol. The second-order valence-electron chi connectivity index (χ2n) is 16.3. The van der Waals surface area contributed by atoms with Crippen LogP contribution in [0.3, 0.4) is 0 Å². The molecule has 0 bridgehead atoms. The van der Waals surface area contributed by atoms with Crippen molar-refractivity contribution in [1.82, 2.24) is 45.8 Å². The van der Waals surface area contributed by atoms with Gasteiger partial charge in [0.15, 0.2) is 0 Å². The van der Waals surface area contributed by atoms with Gasteiger partial charge in [0.25, 0.3) is 0 Å². The van der Waals surface area contributed by atoms with Crippen LogP contribution < -0.4 is 27.0 Å². The molecule has 0 aromatic heterocycles. The Hall–Kier alpha value is -5.11. The van der Waals surface area contributed by atoms with Gasteiger partial charge in [0, 0.05) is 52.0 Å². The van der Waals surface area contributed by atoms with Gasteiger partial charge in [0.1, 0.15) is 42.8 Å². The summed E-state index contributed by atoms with van der Waals surface area (Å²) in [5, 5.41) is 49.8. The maximum Gasteiger partial charge on any atom is 0.322 e. The molecule has 5 rings (SSSR count). The number of carbonyl (C=O) groups is 10. The summed E-state index contributed by atoms with van der Waals surface area (Å²) in [7, 11) is 0. The molecule has 5 fully saturated rings. The number of carboxylic acid groups (broad SMARTS) is 1. The summed E-state index contributed by atoms with van der Waals surface area (Å²) in [5.41, 5.74) is 5.51. The number of likely N-dealkylation sites (tertiary alicyclic amines) is 5. The largest absolute Gasteiger partial charge is 0.480 e. The number of nitrogens with zero attached hydrogens (tertiary/aromatic N) is 5. The lowest BCUT2D eigenvalue weighted by molar-refractivity contribution is -0.147. The molecular weight excluding hydrogens is 853 g/mol. The van der Waals surface area contributed by atoms with Crippen molar-refractivity contribution in [2.45, 2.75) is 106 Å². The summed E-state index contributed by atoms with van der Waals surface area (Å²) >= 11 is 1.38. The third kappa shape index (κ3) is 11.9. The zero-order valence-corrected chi connectivity index (χ0v) is 35.8. The van der Waals surface area contributed by atoms with E-state index in [0.717, 1.165) is 9.80 Å². The minimum atomic E-state index is -1.30. The molecule has 10 N–H and O–H groups in total. The minimum Gasteiger partial charge on any atom is -0.480 e. The number of aliphatic hydroxyl groups is 3. The zero-order valence-electron chi connectivity index (χ0n) is 35.0. The fourth-order valence-electron chi connectivity index (χ4n) is 8.95. The van der Waals surface area contributed by atoms with E-state index in [1.165, 1.54) is 26.5 Å². The van der Waals surface area contributed by atoms with Gasteiger partial charge in [-0.1, -0.05) is 0 Å². The van der Waals surface area contributed by atoms with E-state index in [1.807, 2.05) is 0 Å². The third-order valence-electron chi connectivity index (χ3n) is 12.0. The number of carboxylic acids is 1. The van der Waals surface area contributed by atoms with Crippen molar-refractivity contribution in [1.29, 1.82) is 0 Å². The average molecular weight is 911 g/mol. The number of rotatable bonds is 17. The summed E-state index contributed by atoms with van der Waals surface area (Å²) in [5.74, 6) is -6.80. The number of aliphatic hydroxyl groups excluding tert-OH is 3. The van der Waals surface area contributed by atoms with E-state index >= 15 is 0 Å². The lowest BCUT2D eigenvalue weighted by Gasteiger charge is -2.32. The number of hydrogen-bond donors (Lipinski definition) is 9. The Morgan fingerprint density at radius 1 is 0.619 bits per heavy atom. The van der Waals surface area contributed by atoms with Crippen LogP contribution >= 0.6 is 11.8 Å². The standard InChI is InChI=1S/C38H58N10O14S/c1-63-9-6-23(36(60)46-17-20(49)10-26(46)35(59)42-16-32(55)56)43-29(52)14-40-33(57)27-11-21(50)18-47(27)38(62)25-5-3-8-45(25)31(54)15-41-34(58)28-12-22(51)19-48(28)37(61)24-4-2-7-44(24)30(53)13-39/h20-28,49-51H,2-19,39H2,1H3,(H,40,57)(H,41,58)(H,42,59)(H,43,52)(H,55,56)/t20-,21-,22-,23+,24+,25+,26+,27+,28+/m1/s1. The second kappa shape index (κ2) is 22.0. The summed E-state index contributed by atoms with van der Waals surface area (Å²) in [6.07, 6.45) is -0.115. The van der Waals surface area contributed by atoms with Crippen LogP contribution in [-0.4, -0.2) is 230 Å². The van der Waals surface area contributed by atoms with Crippen LogP contribution in [0.15, 0.2) is 0 Å². The van der Waals surface area contributed by atoms with Gasteiger partial charge in [0.2, 0.25) is 53.2 Å². The Kier molecular flexibility index (Phi) is 17.1. The molecule has 5 saturated heterocycles. The van der Waals surface area contributed by atoms with Gasteiger partial charge in [-0.2, -0.15) is 11.8 Å². The van der Waals surface area contributed by atoms with Crippen LogP contribution in [0.2, 0.25) is 0 Å². The van der Waals surface area contributed by atoms with Gasteiger partial charge < -0.3 is 71.9 Å². The number of thioether (sulfide) groups is 1. The Morgan fingerprint density at radius 3 is 1.54 bits per heavy atom. The van der Waals surface area contributed by atoms with Crippen molar-refractivity contribution >= 4 is 70.9 Å². The Labute approximate surface area is 366 Å². The molecule has 24 nitrogen and oxygen atoms in total. The number of hydrogen-bond acceptors (Lipinski definition) is 15. The van der Waals surface area contributed by atoms with Gasteiger partial charge in [-0.05, 0) is 44.1 Å². The SMILES string of the molecule is CSCC[C@H](NC(=O)CNC(=O)[C@@H]1C[C@@H](O)CN1C(=O)[C@@H]1CCCN1C(=O)CNC(=O)[C@@H]1C[C@@H](O)CN1C(=O)[C@@H]1CCCN1C(=O)CN)C(=O)N1C[C@H](O)C[C@H]1C(=O)NCC(=O)O. The van der Waals surface area contributed by atoms with Gasteiger partial charge in [0.05, 0.1) is 37.9 Å². The molecule has 5 heterocycles. The molecule has 0 aliphatic carbocycles. The van der Waals surface area contributed by atoms with Crippen molar-refractivity contribution in [2.24, 2.45) is 5.73 Å². The van der Waals surface area contributed by atoms with Crippen molar-refractivity contribution < 1.29 is 68.4 Å². The first-order valence-corrected chi connectivity index (χ1v) is 22.4. The number of nitrogens with two attached hydrogens (primary N) is 1. The molecule has 0 spiro atoms. The van der Waals surface area contributed by atoms with E-state index in [2.05, 4.69) is 21.3 Å². The van der Waals surface area contributed by atoms with Crippen molar-refractivity contribution in [3.8, 4) is 0 Å². The zero-order chi connectivity index (χ0) is 46.1. The minimum absolute atomic E-state index is 0.0883. The van der Waals surface area contributed by atoms with E-state index in [-0.39, 0.29) is 64.8 Å². The molecule has 63 heavy (non-hydrogen) atoms. The topological polar surface area (TPSA) is 342 Å². The lowest BCUT2D eigenvalue weighted by atomic mass is 10.1. The molecule has 0 aromatic carbocycles. The third-order valence-corrected chi connectivity index (χ3v) is 12.6. The fraction of sp³-hybridized carbons (Fsp3) is 0.737. The van der Waals surface area contributed by atoms with E-state index in [9.17, 15) is 63.3 Å². The van der Waals surface area contributed by atoms with Gasteiger partial charge in [-0.25, -0.2) is 0 Å². The summed E-state index contributed by atoms with van der Waals surface area (Å²) in [6.45, 7) is -2.28. The molecular formula is C38H58N10O14S. The van der Waals surface area contributed by atoms with Crippen molar-refractivity contribution in [2.75, 3.05) is 70.9 Å². The number of aliphatic carboxylic acids is 1. The molecule has 350 valence electrons. The second-order valence-corrected chi connectivity index (χ2v) is 17.3. The van der Waals surface area contributed by atoms with Gasteiger partial charge in [-0.15, -0.1) is 0 Å². The van der Waals surface area contributed by atoms with E-state index in [1.54, 1.807) is 6.26 Å². The Balaban J connectivity index is 1.15. The molecule has 0 saturated carbocycles.